The van der Waals surface area contributed by atoms with E-state index in [1.165, 1.54) is 12.8 Å². The van der Waals surface area contributed by atoms with Crippen LogP contribution in [0.5, 0.6) is 0 Å². The highest BCUT2D eigenvalue weighted by Crippen LogP contribution is 2.26. The van der Waals surface area contributed by atoms with Crippen LogP contribution in [0.4, 0.5) is 0 Å². The van der Waals surface area contributed by atoms with Crippen molar-refractivity contribution in [2.45, 2.75) is 39.3 Å². The Hall–Kier alpha value is -1.86. The van der Waals surface area contributed by atoms with Crippen molar-refractivity contribution in [1.82, 2.24) is 20.1 Å². The van der Waals surface area contributed by atoms with E-state index in [0.717, 1.165) is 48.6 Å². The summed E-state index contributed by atoms with van der Waals surface area (Å²) in [5.41, 5.74) is 1.09. The van der Waals surface area contributed by atoms with Gasteiger partial charge in [-0.05, 0) is 51.9 Å². The Morgan fingerprint density at radius 3 is 2.88 bits per heavy atom. The van der Waals surface area contributed by atoms with Gasteiger partial charge in [-0.3, -0.25) is 9.89 Å². The lowest BCUT2D eigenvalue weighted by molar-refractivity contribution is 0.220. The van der Waals surface area contributed by atoms with E-state index in [9.17, 15) is 0 Å². The number of rotatable bonds is 7. The summed E-state index contributed by atoms with van der Waals surface area (Å²) in [5.74, 6) is 1.91. The van der Waals surface area contributed by atoms with E-state index < -0.39 is 0 Å². The Labute approximate surface area is 159 Å². The quantitative estimate of drug-likeness (QED) is 0.594. The first-order valence-corrected chi connectivity index (χ1v) is 10.2. The standard InChI is InChI=1S/C19H29N5OS/c1-4-20-19(23(3)13-16-14-26-15(2)22-16)21-12-17(18-8-7-11-25-18)24-9-5-6-10-24/h7-8,11,14,17H,4-6,9-10,12-13H2,1-3H3,(H,20,21). The van der Waals surface area contributed by atoms with E-state index in [0.29, 0.717) is 6.54 Å². The lowest BCUT2D eigenvalue weighted by Crippen LogP contribution is -2.39. The number of likely N-dealkylation sites (tertiary alicyclic amines) is 1. The Bertz CT molecular complexity index is 691. The molecule has 0 aliphatic carbocycles. The lowest BCUT2D eigenvalue weighted by atomic mass is 10.2. The van der Waals surface area contributed by atoms with Gasteiger partial charge < -0.3 is 14.6 Å². The third kappa shape index (κ3) is 4.86. The molecule has 2 aromatic rings. The molecule has 6 nitrogen and oxygen atoms in total. The third-order valence-corrected chi connectivity index (χ3v) is 5.45. The Morgan fingerprint density at radius 1 is 1.46 bits per heavy atom. The molecule has 0 saturated carbocycles. The highest BCUT2D eigenvalue weighted by atomic mass is 32.1. The molecule has 26 heavy (non-hydrogen) atoms. The van der Waals surface area contributed by atoms with Crippen molar-refractivity contribution in [2.75, 3.05) is 33.2 Å². The van der Waals surface area contributed by atoms with E-state index in [1.807, 2.05) is 13.0 Å². The lowest BCUT2D eigenvalue weighted by Gasteiger charge is -2.26. The van der Waals surface area contributed by atoms with Crippen LogP contribution >= 0.6 is 11.3 Å². The van der Waals surface area contributed by atoms with Crippen molar-refractivity contribution in [2.24, 2.45) is 4.99 Å². The molecular weight excluding hydrogens is 346 g/mol. The number of aryl methyl sites for hydroxylation is 1. The maximum atomic E-state index is 5.71. The highest BCUT2D eigenvalue weighted by Gasteiger charge is 2.25. The molecule has 1 saturated heterocycles. The van der Waals surface area contributed by atoms with Crippen LogP contribution in [0.3, 0.4) is 0 Å². The van der Waals surface area contributed by atoms with Crippen LogP contribution in [0, 0.1) is 6.92 Å². The molecular formula is C19H29N5OS. The smallest absolute Gasteiger partial charge is 0.194 e. The minimum Gasteiger partial charge on any atom is -0.468 e. The van der Waals surface area contributed by atoms with Gasteiger partial charge in [0.25, 0.3) is 0 Å². The van der Waals surface area contributed by atoms with Crippen LogP contribution in [0.2, 0.25) is 0 Å². The third-order valence-electron chi connectivity index (χ3n) is 4.63. The van der Waals surface area contributed by atoms with E-state index in [1.54, 1.807) is 17.6 Å². The number of hydrogen-bond donors (Lipinski definition) is 1. The number of nitrogens with zero attached hydrogens (tertiary/aromatic N) is 4. The second-order valence-corrected chi connectivity index (χ2v) is 7.75. The molecule has 0 bridgehead atoms. The Balaban J connectivity index is 1.71. The molecule has 0 aromatic carbocycles. The van der Waals surface area contributed by atoms with Gasteiger partial charge in [0.1, 0.15) is 5.76 Å². The summed E-state index contributed by atoms with van der Waals surface area (Å²) in [6, 6.07) is 4.23. The van der Waals surface area contributed by atoms with Gasteiger partial charge in [0.05, 0.1) is 36.1 Å². The summed E-state index contributed by atoms with van der Waals surface area (Å²) in [7, 11) is 2.06. The van der Waals surface area contributed by atoms with Crippen LogP contribution in [0.15, 0.2) is 33.2 Å². The topological polar surface area (TPSA) is 56.9 Å². The second kappa shape index (κ2) is 9.19. The average Bonchev–Trinajstić information content (AvgIpc) is 3.37. The molecule has 1 unspecified atom stereocenters. The van der Waals surface area contributed by atoms with Crippen molar-refractivity contribution in [1.29, 1.82) is 0 Å². The first-order chi connectivity index (χ1) is 12.7. The number of guanidine groups is 1. The zero-order valence-corrected chi connectivity index (χ0v) is 16.8. The molecule has 3 heterocycles. The van der Waals surface area contributed by atoms with Crippen molar-refractivity contribution >= 4 is 17.3 Å². The van der Waals surface area contributed by atoms with Crippen molar-refractivity contribution < 1.29 is 4.42 Å². The number of aromatic nitrogens is 1. The first kappa shape index (κ1) is 18.9. The highest BCUT2D eigenvalue weighted by molar-refractivity contribution is 7.09. The average molecular weight is 376 g/mol. The van der Waals surface area contributed by atoms with Gasteiger partial charge in [-0.15, -0.1) is 11.3 Å². The largest absolute Gasteiger partial charge is 0.468 e. The molecule has 1 N–H and O–H groups in total. The maximum absolute atomic E-state index is 5.71. The molecule has 0 spiro atoms. The molecule has 1 aliphatic heterocycles. The molecule has 1 aliphatic rings. The number of thiazole rings is 1. The Kier molecular flexibility index (Phi) is 6.68. The van der Waals surface area contributed by atoms with Gasteiger partial charge in [0.2, 0.25) is 0 Å². The fourth-order valence-electron chi connectivity index (χ4n) is 3.36. The van der Waals surface area contributed by atoms with Crippen LogP contribution in [-0.2, 0) is 6.54 Å². The fraction of sp³-hybridized carbons (Fsp3) is 0.579. The molecule has 1 fully saturated rings. The SMILES string of the molecule is CCNC(=NCC(c1ccco1)N1CCCC1)N(C)Cc1csc(C)n1. The zero-order chi connectivity index (χ0) is 18.4. The molecule has 0 amide bonds. The molecule has 1 atom stereocenters. The van der Waals surface area contributed by atoms with Crippen LogP contribution < -0.4 is 5.32 Å². The van der Waals surface area contributed by atoms with Gasteiger partial charge in [0, 0.05) is 19.0 Å². The first-order valence-electron chi connectivity index (χ1n) is 9.35. The molecule has 2 aromatic heterocycles. The van der Waals surface area contributed by atoms with Gasteiger partial charge in [-0.1, -0.05) is 0 Å². The van der Waals surface area contributed by atoms with Crippen LogP contribution in [0.1, 0.15) is 42.3 Å². The Morgan fingerprint density at radius 2 is 2.27 bits per heavy atom. The minimum atomic E-state index is 0.205. The monoisotopic (exact) mass is 375 g/mol. The number of nitrogens with one attached hydrogen (secondary N) is 1. The summed E-state index contributed by atoms with van der Waals surface area (Å²) in [4.78, 5) is 14.1. The van der Waals surface area contributed by atoms with E-state index in [2.05, 4.69) is 45.5 Å². The van der Waals surface area contributed by atoms with E-state index in [4.69, 9.17) is 9.41 Å². The molecule has 7 heteroatoms. The van der Waals surface area contributed by atoms with Gasteiger partial charge in [-0.25, -0.2) is 4.98 Å². The maximum Gasteiger partial charge on any atom is 0.194 e. The van der Waals surface area contributed by atoms with Gasteiger partial charge in [0.15, 0.2) is 5.96 Å². The summed E-state index contributed by atoms with van der Waals surface area (Å²) in [6.07, 6.45) is 4.26. The van der Waals surface area contributed by atoms with Crippen LogP contribution in [-0.4, -0.2) is 54.0 Å². The van der Waals surface area contributed by atoms with Crippen molar-refractivity contribution in [3.8, 4) is 0 Å². The summed E-state index contributed by atoms with van der Waals surface area (Å²) in [6.45, 7) is 8.66. The summed E-state index contributed by atoms with van der Waals surface area (Å²) >= 11 is 1.69. The number of aliphatic imine (C=N–C) groups is 1. The minimum absolute atomic E-state index is 0.205. The van der Waals surface area contributed by atoms with Crippen molar-refractivity contribution in [3.05, 3.63) is 40.2 Å². The summed E-state index contributed by atoms with van der Waals surface area (Å²) in [5, 5.41) is 6.62. The van der Waals surface area contributed by atoms with Gasteiger partial charge >= 0.3 is 0 Å². The predicted molar refractivity (Wildman–Crippen MR) is 107 cm³/mol. The number of furan rings is 1. The summed E-state index contributed by atoms with van der Waals surface area (Å²) < 4.78 is 5.71. The normalized spacial score (nSPS) is 16.8. The molecule has 142 valence electrons. The number of hydrogen-bond acceptors (Lipinski definition) is 5. The van der Waals surface area contributed by atoms with Gasteiger partial charge in [-0.2, -0.15) is 0 Å². The van der Waals surface area contributed by atoms with E-state index >= 15 is 0 Å². The fourth-order valence-corrected chi connectivity index (χ4v) is 3.96. The molecule has 3 rings (SSSR count). The second-order valence-electron chi connectivity index (χ2n) is 6.68. The van der Waals surface area contributed by atoms with Crippen molar-refractivity contribution in [3.63, 3.8) is 0 Å². The van der Waals surface area contributed by atoms with E-state index in [-0.39, 0.29) is 6.04 Å². The molecule has 0 radical (unpaired) electrons. The predicted octanol–water partition coefficient (Wildman–Crippen LogP) is 3.28. The van der Waals surface area contributed by atoms with Crippen LogP contribution in [0.25, 0.3) is 0 Å². The zero-order valence-electron chi connectivity index (χ0n) is 15.9.